The largest absolute Gasteiger partial charge is 0.335 e. The number of carbonyl (C=O) groups is 2. The Kier molecular flexibility index (Phi) is 6.86. The molecular weight excluding hydrogens is 475 g/mol. The van der Waals surface area contributed by atoms with Crippen LogP contribution < -0.4 is 4.72 Å². The molecule has 1 aliphatic rings. The quantitative estimate of drug-likeness (QED) is 0.372. The molecule has 0 aliphatic carbocycles. The summed E-state index contributed by atoms with van der Waals surface area (Å²) in [6.07, 6.45) is 1.79. The number of amides is 2. The SMILES string of the molecule is Cc1cc(C(=O)N2CCN(C(=O)c3ccccc3F)CC2)ccc1NSc1cccc2cccnc12. The van der Waals surface area contributed by atoms with E-state index < -0.39 is 5.82 Å². The van der Waals surface area contributed by atoms with Crippen LogP contribution in [0.1, 0.15) is 26.3 Å². The average Bonchev–Trinajstić information content (AvgIpc) is 2.92. The zero-order chi connectivity index (χ0) is 25.1. The second kappa shape index (κ2) is 10.4. The molecule has 0 bridgehead atoms. The summed E-state index contributed by atoms with van der Waals surface area (Å²) in [5.74, 6) is -0.945. The van der Waals surface area contributed by atoms with Gasteiger partial charge in [0.25, 0.3) is 11.8 Å². The number of benzene rings is 3. The molecule has 5 rings (SSSR count). The number of anilines is 1. The predicted molar refractivity (Wildman–Crippen MR) is 141 cm³/mol. The third kappa shape index (κ3) is 4.90. The van der Waals surface area contributed by atoms with Crippen molar-refractivity contribution in [3.63, 3.8) is 0 Å². The fraction of sp³-hybridized carbons (Fsp3) is 0.179. The molecule has 0 spiro atoms. The summed E-state index contributed by atoms with van der Waals surface area (Å²) in [6, 6.07) is 21.6. The molecule has 4 aromatic rings. The highest BCUT2D eigenvalue weighted by Crippen LogP contribution is 2.29. The molecule has 1 aromatic heterocycles. The number of pyridine rings is 1. The minimum absolute atomic E-state index is 0.0631. The Hall–Kier alpha value is -3.91. The number of hydrogen-bond donors (Lipinski definition) is 1. The number of hydrogen-bond acceptors (Lipinski definition) is 5. The van der Waals surface area contributed by atoms with Crippen molar-refractivity contribution in [1.29, 1.82) is 0 Å². The highest BCUT2D eigenvalue weighted by atomic mass is 32.2. The normalized spacial score (nSPS) is 13.6. The Labute approximate surface area is 213 Å². The molecule has 1 saturated heterocycles. The highest BCUT2D eigenvalue weighted by molar-refractivity contribution is 8.00. The Morgan fingerprint density at radius 3 is 2.36 bits per heavy atom. The van der Waals surface area contributed by atoms with Crippen molar-refractivity contribution in [1.82, 2.24) is 14.8 Å². The van der Waals surface area contributed by atoms with Gasteiger partial charge in [-0.2, -0.15) is 0 Å². The number of rotatable bonds is 5. The molecule has 0 saturated carbocycles. The minimum atomic E-state index is -0.528. The van der Waals surface area contributed by atoms with E-state index in [0.717, 1.165) is 27.0 Å². The van der Waals surface area contributed by atoms with Gasteiger partial charge in [-0.15, -0.1) is 0 Å². The van der Waals surface area contributed by atoms with E-state index in [1.54, 1.807) is 28.1 Å². The van der Waals surface area contributed by atoms with E-state index in [0.29, 0.717) is 31.7 Å². The maximum Gasteiger partial charge on any atom is 0.256 e. The first-order chi connectivity index (χ1) is 17.5. The van der Waals surface area contributed by atoms with Crippen LogP contribution in [0.2, 0.25) is 0 Å². The van der Waals surface area contributed by atoms with Crippen molar-refractivity contribution in [2.24, 2.45) is 0 Å². The molecular formula is C28H25FN4O2S. The van der Waals surface area contributed by atoms with E-state index in [9.17, 15) is 14.0 Å². The molecule has 182 valence electrons. The molecule has 1 aliphatic heterocycles. The average molecular weight is 501 g/mol. The summed E-state index contributed by atoms with van der Waals surface area (Å²) in [5.41, 5.74) is 3.48. The van der Waals surface area contributed by atoms with E-state index in [4.69, 9.17) is 0 Å². The van der Waals surface area contributed by atoms with Crippen LogP contribution in [0.3, 0.4) is 0 Å². The van der Waals surface area contributed by atoms with Crippen LogP contribution in [0.15, 0.2) is 83.9 Å². The number of nitrogens with zero attached hydrogens (tertiary/aromatic N) is 3. The number of aryl methyl sites for hydroxylation is 1. The second-order valence-corrected chi connectivity index (χ2v) is 9.48. The van der Waals surface area contributed by atoms with Crippen molar-refractivity contribution in [3.8, 4) is 0 Å². The fourth-order valence-electron chi connectivity index (χ4n) is 4.28. The summed E-state index contributed by atoms with van der Waals surface area (Å²) in [5, 5.41) is 1.08. The summed E-state index contributed by atoms with van der Waals surface area (Å²) < 4.78 is 17.4. The molecule has 8 heteroatoms. The number of piperazine rings is 1. The second-order valence-electron chi connectivity index (χ2n) is 8.63. The van der Waals surface area contributed by atoms with Crippen molar-refractivity contribution in [2.75, 3.05) is 30.9 Å². The van der Waals surface area contributed by atoms with Crippen LogP contribution in [0.4, 0.5) is 10.1 Å². The van der Waals surface area contributed by atoms with E-state index in [-0.39, 0.29) is 17.4 Å². The van der Waals surface area contributed by atoms with Gasteiger partial charge in [-0.25, -0.2) is 4.39 Å². The smallest absolute Gasteiger partial charge is 0.256 e. The van der Waals surface area contributed by atoms with Crippen LogP contribution in [-0.2, 0) is 0 Å². The molecule has 3 aromatic carbocycles. The standard InChI is InChI=1S/C28H25FN4O2S/c1-19-18-21(11-12-24(19)31-36-25-10-4-6-20-7-5-13-30-26(20)25)27(34)32-14-16-33(17-15-32)28(35)22-8-2-3-9-23(22)29/h2-13,18,31H,14-17H2,1H3. The third-order valence-electron chi connectivity index (χ3n) is 6.30. The Balaban J connectivity index is 1.21. The lowest BCUT2D eigenvalue weighted by molar-refractivity contribution is 0.0533. The van der Waals surface area contributed by atoms with Gasteiger partial charge in [0, 0.05) is 49.0 Å². The fourth-order valence-corrected chi connectivity index (χ4v) is 5.14. The number of nitrogens with one attached hydrogen (secondary N) is 1. The van der Waals surface area contributed by atoms with Crippen LogP contribution in [-0.4, -0.2) is 52.8 Å². The van der Waals surface area contributed by atoms with Crippen LogP contribution in [0.25, 0.3) is 10.9 Å². The van der Waals surface area contributed by atoms with Gasteiger partial charge in [0.05, 0.1) is 16.0 Å². The van der Waals surface area contributed by atoms with Crippen molar-refractivity contribution in [2.45, 2.75) is 11.8 Å². The van der Waals surface area contributed by atoms with Gasteiger partial charge in [0.2, 0.25) is 0 Å². The van der Waals surface area contributed by atoms with Crippen LogP contribution >= 0.6 is 11.9 Å². The molecule has 2 heterocycles. The summed E-state index contributed by atoms with van der Waals surface area (Å²) in [6.45, 7) is 3.51. The number of carbonyl (C=O) groups excluding carboxylic acids is 2. The molecule has 0 atom stereocenters. The molecule has 6 nitrogen and oxygen atoms in total. The number of aromatic nitrogens is 1. The minimum Gasteiger partial charge on any atom is -0.335 e. The summed E-state index contributed by atoms with van der Waals surface area (Å²) in [7, 11) is 0. The maximum atomic E-state index is 14.0. The first kappa shape index (κ1) is 23.8. The van der Waals surface area contributed by atoms with Gasteiger partial charge in [-0.1, -0.05) is 30.3 Å². The monoisotopic (exact) mass is 500 g/mol. The first-order valence-electron chi connectivity index (χ1n) is 11.7. The van der Waals surface area contributed by atoms with Gasteiger partial charge >= 0.3 is 0 Å². The molecule has 1 fully saturated rings. The van der Waals surface area contributed by atoms with E-state index in [2.05, 4.69) is 9.71 Å². The lowest BCUT2D eigenvalue weighted by Crippen LogP contribution is -2.50. The molecule has 0 radical (unpaired) electrons. The van der Waals surface area contributed by atoms with Gasteiger partial charge < -0.3 is 14.5 Å². The van der Waals surface area contributed by atoms with E-state index >= 15 is 0 Å². The maximum absolute atomic E-state index is 14.0. The number of fused-ring (bicyclic) bond motifs is 1. The number of halogens is 1. The molecule has 36 heavy (non-hydrogen) atoms. The summed E-state index contributed by atoms with van der Waals surface area (Å²) >= 11 is 1.49. The van der Waals surface area contributed by atoms with Crippen LogP contribution in [0.5, 0.6) is 0 Å². The highest BCUT2D eigenvalue weighted by Gasteiger charge is 2.27. The summed E-state index contributed by atoms with van der Waals surface area (Å²) in [4.78, 5) is 34.6. The van der Waals surface area contributed by atoms with Crippen molar-refractivity contribution in [3.05, 3.63) is 102 Å². The van der Waals surface area contributed by atoms with Crippen LogP contribution in [0, 0.1) is 12.7 Å². The molecule has 2 amide bonds. The van der Waals surface area contributed by atoms with Crippen molar-refractivity contribution >= 4 is 40.4 Å². The topological polar surface area (TPSA) is 65.5 Å². The predicted octanol–water partition coefficient (Wildman–Crippen LogP) is 5.40. The zero-order valence-corrected chi connectivity index (χ0v) is 20.6. The number of para-hydroxylation sites is 1. The Morgan fingerprint density at radius 1 is 0.889 bits per heavy atom. The first-order valence-corrected chi connectivity index (χ1v) is 12.5. The van der Waals surface area contributed by atoms with E-state index in [1.165, 1.54) is 24.1 Å². The van der Waals surface area contributed by atoms with E-state index in [1.807, 2.05) is 55.5 Å². The lowest BCUT2D eigenvalue weighted by atomic mass is 10.1. The lowest BCUT2D eigenvalue weighted by Gasteiger charge is -2.35. The zero-order valence-electron chi connectivity index (χ0n) is 19.8. The van der Waals surface area contributed by atoms with Crippen molar-refractivity contribution < 1.29 is 14.0 Å². The third-order valence-corrected chi connectivity index (χ3v) is 7.17. The van der Waals surface area contributed by atoms with Gasteiger partial charge in [-0.05, 0) is 66.9 Å². The molecule has 1 N–H and O–H groups in total. The molecule has 0 unspecified atom stereocenters. The van der Waals surface area contributed by atoms with Gasteiger partial charge in [0.1, 0.15) is 5.82 Å². The Bertz CT molecular complexity index is 1430. The van der Waals surface area contributed by atoms with Gasteiger partial charge in [-0.3, -0.25) is 14.6 Å². The Morgan fingerprint density at radius 2 is 1.61 bits per heavy atom. The van der Waals surface area contributed by atoms with Gasteiger partial charge in [0.15, 0.2) is 0 Å².